The van der Waals surface area contributed by atoms with Crippen LogP contribution in [0.15, 0.2) is 30.5 Å². The van der Waals surface area contributed by atoms with Crippen LogP contribution in [-0.2, 0) is 14.9 Å². The van der Waals surface area contributed by atoms with Crippen LogP contribution in [0.5, 0.6) is 0 Å². The number of hydrogen-bond acceptors (Lipinski definition) is 6. The molecule has 3 atom stereocenters. The fourth-order valence-electron chi connectivity index (χ4n) is 4.24. The molecule has 1 aromatic carbocycles. The van der Waals surface area contributed by atoms with E-state index in [1.807, 2.05) is 46.8 Å². The van der Waals surface area contributed by atoms with Crippen LogP contribution >= 0.6 is 0 Å². The van der Waals surface area contributed by atoms with Crippen LogP contribution in [0.4, 0.5) is 21.0 Å². The highest BCUT2D eigenvalue weighted by Gasteiger charge is 2.41. The lowest BCUT2D eigenvalue weighted by molar-refractivity contribution is -0.0618. The molecule has 1 aliphatic heterocycles. The second-order valence-electron chi connectivity index (χ2n) is 10.4. The van der Waals surface area contributed by atoms with Crippen molar-refractivity contribution >= 4 is 17.9 Å². The molecule has 1 aromatic heterocycles. The van der Waals surface area contributed by atoms with Gasteiger partial charge in [0.15, 0.2) is 0 Å². The minimum absolute atomic E-state index is 0.113. The van der Waals surface area contributed by atoms with Crippen molar-refractivity contribution in [1.82, 2.24) is 9.97 Å². The number of carbonyl (C=O) groups excluding carboxylic acids is 1. The molecule has 8 heteroatoms. The molecule has 0 radical (unpaired) electrons. The highest BCUT2D eigenvalue weighted by Crippen LogP contribution is 2.48. The van der Waals surface area contributed by atoms with Gasteiger partial charge in [-0.1, -0.05) is 19.1 Å². The van der Waals surface area contributed by atoms with Gasteiger partial charge in [0.2, 0.25) is 5.95 Å². The Labute approximate surface area is 194 Å². The van der Waals surface area contributed by atoms with E-state index >= 15 is 0 Å². The van der Waals surface area contributed by atoms with E-state index in [0.717, 1.165) is 18.4 Å². The van der Waals surface area contributed by atoms with E-state index in [4.69, 9.17) is 9.47 Å². The lowest BCUT2D eigenvalue weighted by Gasteiger charge is -2.31. The van der Waals surface area contributed by atoms with Crippen LogP contribution in [0.1, 0.15) is 71.6 Å². The number of cyclic esters (lactones) is 1. The van der Waals surface area contributed by atoms with Crippen molar-refractivity contribution in [2.45, 2.75) is 83.6 Å². The molecule has 7 nitrogen and oxygen atoms in total. The zero-order chi connectivity index (χ0) is 24.0. The van der Waals surface area contributed by atoms with Crippen molar-refractivity contribution < 1.29 is 18.7 Å². The maximum absolute atomic E-state index is 14.8. The number of ether oxygens (including phenoxy) is 2. The summed E-state index contributed by atoms with van der Waals surface area (Å²) in [4.78, 5) is 22.8. The van der Waals surface area contributed by atoms with Crippen LogP contribution in [0.3, 0.4) is 0 Å². The number of hydrogen-bond donors (Lipinski definition) is 1. The van der Waals surface area contributed by atoms with Gasteiger partial charge in [-0.15, -0.1) is 0 Å². The molecule has 178 valence electrons. The van der Waals surface area contributed by atoms with E-state index in [1.54, 1.807) is 18.3 Å². The van der Waals surface area contributed by atoms with Gasteiger partial charge < -0.3 is 14.8 Å². The Morgan fingerprint density at radius 1 is 1.27 bits per heavy atom. The molecule has 2 heterocycles. The molecule has 4 rings (SSSR count). The van der Waals surface area contributed by atoms with Crippen LogP contribution in [0.25, 0.3) is 0 Å². The van der Waals surface area contributed by atoms with Gasteiger partial charge in [0.1, 0.15) is 24.3 Å². The quantitative estimate of drug-likeness (QED) is 0.604. The average Bonchev–Trinajstić information content (AvgIpc) is 3.36. The van der Waals surface area contributed by atoms with Gasteiger partial charge in [-0.2, -0.15) is 4.98 Å². The Balaban J connectivity index is 1.51. The molecule has 1 saturated carbocycles. The predicted molar refractivity (Wildman–Crippen MR) is 125 cm³/mol. The topological polar surface area (TPSA) is 76.6 Å². The van der Waals surface area contributed by atoms with Crippen molar-refractivity contribution in [1.29, 1.82) is 0 Å². The summed E-state index contributed by atoms with van der Waals surface area (Å²) in [6, 6.07) is 6.46. The molecule has 0 unspecified atom stereocenters. The summed E-state index contributed by atoms with van der Waals surface area (Å²) < 4.78 is 26.2. The molecule has 1 amide bonds. The van der Waals surface area contributed by atoms with Crippen molar-refractivity contribution in [2.75, 3.05) is 16.8 Å². The summed E-state index contributed by atoms with van der Waals surface area (Å²) in [6.07, 6.45) is 3.03. The van der Waals surface area contributed by atoms with Gasteiger partial charge in [0, 0.05) is 11.8 Å². The number of nitrogens with one attached hydrogen (secondary N) is 1. The molecular weight excluding hydrogens is 423 g/mol. The molecule has 2 aromatic rings. The first-order valence-corrected chi connectivity index (χ1v) is 11.5. The van der Waals surface area contributed by atoms with Gasteiger partial charge in [-0.25, -0.2) is 14.2 Å². The Bertz CT molecular complexity index is 1030. The SMILES string of the molecule is C[C@H](Nc1nccc(N2C(=O)OC[C@@H]2[C@@H](C)OC(C)(C)C)n1)c1ccc(C2(C)CC2)cc1F. The third-order valence-corrected chi connectivity index (χ3v) is 6.38. The number of carbonyl (C=O) groups is 1. The molecule has 0 bridgehead atoms. The van der Waals surface area contributed by atoms with Crippen LogP contribution < -0.4 is 10.2 Å². The van der Waals surface area contributed by atoms with Crippen molar-refractivity contribution in [3.63, 3.8) is 0 Å². The number of amides is 1. The van der Waals surface area contributed by atoms with Gasteiger partial charge in [-0.3, -0.25) is 4.90 Å². The average molecular weight is 457 g/mol. The van der Waals surface area contributed by atoms with Crippen LogP contribution in [0, 0.1) is 5.82 Å². The summed E-state index contributed by atoms with van der Waals surface area (Å²) in [5.41, 5.74) is 1.34. The third-order valence-electron chi connectivity index (χ3n) is 6.38. The first-order valence-electron chi connectivity index (χ1n) is 11.5. The van der Waals surface area contributed by atoms with E-state index in [9.17, 15) is 9.18 Å². The zero-order valence-electron chi connectivity index (χ0n) is 20.2. The Morgan fingerprint density at radius 3 is 2.64 bits per heavy atom. The fourth-order valence-corrected chi connectivity index (χ4v) is 4.24. The van der Waals surface area contributed by atoms with Crippen LogP contribution in [0.2, 0.25) is 0 Å². The second kappa shape index (κ2) is 8.56. The van der Waals surface area contributed by atoms with Gasteiger partial charge in [-0.05, 0) is 70.6 Å². The molecular formula is C25H33FN4O3. The molecule has 1 aliphatic carbocycles. The van der Waals surface area contributed by atoms with E-state index < -0.39 is 6.09 Å². The molecule has 1 N–H and O–H groups in total. The number of halogens is 1. The Hall–Kier alpha value is -2.74. The van der Waals surface area contributed by atoms with E-state index in [-0.39, 0.29) is 41.6 Å². The maximum Gasteiger partial charge on any atom is 0.416 e. The van der Waals surface area contributed by atoms with E-state index in [1.165, 1.54) is 4.90 Å². The van der Waals surface area contributed by atoms with Gasteiger partial charge >= 0.3 is 6.09 Å². The summed E-state index contributed by atoms with van der Waals surface area (Å²) in [6.45, 7) is 12.1. The Kier molecular flexibility index (Phi) is 6.07. The molecule has 1 saturated heterocycles. The molecule has 0 spiro atoms. The summed E-state index contributed by atoms with van der Waals surface area (Å²) in [5.74, 6) is 0.475. The second-order valence-corrected chi connectivity index (χ2v) is 10.4. The maximum atomic E-state index is 14.8. The lowest BCUT2D eigenvalue weighted by Crippen LogP contribution is -2.45. The standard InChI is InChI=1S/C25H33FN4O3/c1-15(18-8-7-17(13-19(18)26)25(6)10-11-25)28-22-27-12-9-21(29-22)30-20(14-32-23(30)31)16(2)33-24(3,4)5/h7-9,12-13,15-16,20H,10-11,14H2,1-6H3,(H,27,28,29)/t15-,16+,20+/m0/s1. The Morgan fingerprint density at radius 2 is 2.00 bits per heavy atom. The molecule has 33 heavy (non-hydrogen) atoms. The first kappa shape index (κ1) is 23.4. The summed E-state index contributed by atoms with van der Waals surface area (Å²) in [5, 5.41) is 3.16. The monoisotopic (exact) mass is 456 g/mol. The van der Waals surface area contributed by atoms with E-state index in [2.05, 4.69) is 22.2 Å². The molecule has 2 aliphatic rings. The minimum atomic E-state index is -0.475. The number of rotatable bonds is 7. The third kappa shape index (κ3) is 5.11. The van der Waals surface area contributed by atoms with Gasteiger partial charge in [0.25, 0.3) is 0 Å². The number of anilines is 2. The lowest BCUT2D eigenvalue weighted by atomic mass is 9.95. The predicted octanol–water partition coefficient (Wildman–Crippen LogP) is 5.37. The highest BCUT2D eigenvalue weighted by molar-refractivity contribution is 5.89. The zero-order valence-corrected chi connectivity index (χ0v) is 20.2. The minimum Gasteiger partial charge on any atom is -0.447 e. The van der Waals surface area contributed by atoms with Crippen LogP contribution in [-0.4, -0.2) is 40.4 Å². The number of aromatic nitrogens is 2. The van der Waals surface area contributed by atoms with E-state index in [0.29, 0.717) is 17.3 Å². The van der Waals surface area contributed by atoms with Crippen molar-refractivity contribution in [2.24, 2.45) is 0 Å². The normalized spacial score (nSPS) is 21.5. The molecule has 2 fully saturated rings. The smallest absolute Gasteiger partial charge is 0.416 e. The number of benzene rings is 1. The first-order chi connectivity index (χ1) is 15.5. The fraction of sp³-hybridized carbons (Fsp3) is 0.560. The van der Waals surface area contributed by atoms with Gasteiger partial charge in [0.05, 0.1) is 17.7 Å². The van der Waals surface area contributed by atoms with Crippen molar-refractivity contribution in [3.05, 3.63) is 47.4 Å². The largest absolute Gasteiger partial charge is 0.447 e. The highest BCUT2D eigenvalue weighted by atomic mass is 19.1. The number of nitrogens with zero attached hydrogens (tertiary/aromatic N) is 3. The van der Waals surface area contributed by atoms with Crippen molar-refractivity contribution in [3.8, 4) is 0 Å². The summed E-state index contributed by atoms with van der Waals surface area (Å²) >= 11 is 0. The summed E-state index contributed by atoms with van der Waals surface area (Å²) in [7, 11) is 0.